The van der Waals surface area contributed by atoms with E-state index >= 15 is 0 Å². The van der Waals surface area contributed by atoms with Crippen LogP contribution in [0.15, 0.2) is 22.7 Å². The van der Waals surface area contributed by atoms with Crippen molar-refractivity contribution in [1.29, 1.82) is 0 Å². The average Bonchev–Trinajstić information content (AvgIpc) is 3.18. The molecule has 1 amide bonds. The van der Waals surface area contributed by atoms with E-state index in [4.69, 9.17) is 27.7 Å². The van der Waals surface area contributed by atoms with Crippen LogP contribution < -0.4 is 0 Å². The molecule has 0 bridgehead atoms. The predicted molar refractivity (Wildman–Crippen MR) is 99.7 cm³/mol. The van der Waals surface area contributed by atoms with E-state index in [1.54, 1.807) is 12.1 Å². The molecule has 0 spiro atoms. The van der Waals surface area contributed by atoms with E-state index in [1.807, 2.05) is 17.9 Å². The Hall–Kier alpha value is -2.05. The average molecular weight is 393 g/mol. The van der Waals surface area contributed by atoms with Crippen LogP contribution in [0.1, 0.15) is 35.0 Å². The van der Waals surface area contributed by atoms with Crippen LogP contribution in [0.2, 0.25) is 10.0 Å². The van der Waals surface area contributed by atoms with Crippen molar-refractivity contribution in [2.45, 2.75) is 26.2 Å². The molecule has 0 radical (unpaired) electrons. The van der Waals surface area contributed by atoms with Gasteiger partial charge in [0, 0.05) is 35.4 Å². The van der Waals surface area contributed by atoms with Gasteiger partial charge in [0.1, 0.15) is 5.69 Å². The van der Waals surface area contributed by atoms with Crippen molar-refractivity contribution in [2.75, 3.05) is 13.1 Å². The fourth-order valence-corrected chi connectivity index (χ4v) is 3.90. The number of piperidine rings is 1. The molecule has 4 rings (SSSR count). The number of carbonyl (C=O) groups excluding carboxylic acids is 1. The highest BCUT2D eigenvalue weighted by Crippen LogP contribution is 2.31. The van der Waals surface area contributed by atoms with Gasteiger partial charge in [0.25, 0.3) is 5.91 Å². The van der Waals surface area contributed by atoms with Crippen molar-refractivity contribution in [3.8, 4) is 0 Å². The molecule has 8 heteroatoms. The Morgan fingerprint density at radius 2 is 2.12 bits per heavy atom. The molecule has 26 heavy (non-hydrogen) atoms. The molecule has 3 aromatic rings. The normalized spacial score (nSPS) is 15.7. The molecule has 0 atom stereocenters. The minimum atomic E-state index is -0.0746. The number of nitrogens with zero attached hydrogens (tertiary/aromatic N) is 3. The van der Waals surface area contributed by atoms with E-state index in [1.165, 1.54) is 0 Å². The first kappa shape index (κ1) is 17.4. The highest BCUT2D eigenvalue weighted by atomic mass is 35.5. The van der Waals surface area contributed by atoms with E-state index < -0.39 is 0 Å². The summed E-state index contributed by atoms with van der Waals surface area (Å²) < 4.78 is 5.19. The summed E-state index contributed by atoms with van der Waals surface area (Å²) in [4.78, 5) is 22.1. The van der Waals surface area contributed by atoms with Gasteiger partial charge in [0.2, 0.25) is 5.89 Å². The number of rotatable bonds is 3. The van der Waals surface area contributed by atoms with E-state index in [2.05, 4.69) is 15.1 Å². The zero-order valence-corrected chi connectivity index (χ0v) is 15.8. The number of nitrogens with one attached hydrogen (secondary N) is 1. The summed E-state index contributed by atoms with van der Waals surface area (Å²) in [6.07, 6.45) is 2.56. The lowest BCUT2D eigenvalue weighted by Gasteiger charge is -2.31. The monoisotopic (exact) mass is 392 g/mol. The summed E-state index contributed by atoms with van der Waals surface area (Å²) in [5.74, 6) is 1.69. The molecular formula is C18H18Cl2N4O2. The summed E-state index contributed by atoms with van der Waals surface area (Å²) in [6, 6.07) is 5.37. The third-order valence-electron chi connectivity index (χ3n) is 4.85. The van der Waals surface area contributed by atoms with Crippen LogP contribution >= 0.6 is 23.2 Å². The van der Waals surface area contributed by atoms with E-state index in [-0.39, 0.29) is 5.91 Å². The second-order valence-electron chi connectivity index (χ2n) is 6.68. The lowest BCUT2D eigenvalue weighted by Crippen LogP contribution is -2.39. The number of fused-ring (bicyclic) bond motifs is 1. The predicted octanol–water partition coefficient (Wildman–Crippen LogP) is 4.26. The summed E-state index contributed by atoms with van der Waals surface area (Å²) in [7, 11) is 0. The number of hydrogen-bond donors (Lipinski definition) is 1. The number of likely N-dealkylation sites (tertiary alicyclic amines) is 1. The maximum absolute atomic E-state index is 12.9. The fourth-order valence-electron chi connectivity index (χ4n) is 3.45. The number of hydrogen-bond acceptors (Lipinski definition) is 4. The molecule has 1 aliphatic heterocycles. The van der Waals surface area contributed by atoms with Crippen LogP contribution in [-0.4, -0.2) is 39.0 Å². The lowest BCUT2D eigenvalue weighted by molar-refractivity contribution is 0.0682. The maximum atomic E-state index is 12.9. The number of aryl methyl sites for hydroxylation is 1. The molecule has 136 valence electrons. The Morgan fingerprint density at radius 1 is 1.35 bits per heavy atom. The van der Waals surface area contributed by atoms with Gasteiger partial charge < -0.3 is 14.4 Å². The van der Waals surface area contributed by atoms with E-state index in [0.29, 0.717) is 46.5 Å². The van der Waals surface area contributed by atoms with Gasteiger partial charge in [0.15, 0.2) is 5.82 Å². The molecule has 0 aliphatic carbocycles. The summed E-state index contributed by atoms with van der Waals surface area (Å²) in [5, 5.41) is 5.61. The second-order valence-corrected chi connectivity index (χ2v) is 7.49. The minimum absolute atomic E-state index is 0.0746. The Morgan fingerprint density at radius 3 is 2.81 bits per heavy atom. The van der Waals surface area contributed by atoms with Gasteiger partial charge in [-0.25, -0.2) is 0 Å². The van der Waals surface area contributed by atoms with Crippen molar-refractivity contribution in [3.05, 3.63) is 45.7 Å². The van der Waals surface area contributed by atoms with E-state index in [9.17, 15) is 4.79 Å². The Kier molecular flexibility index (Phi) is 4.63. The number of aromatic nitrogens is 3. The smallest absolute Gasteiger partial charge is 0.271 e. The number of H-pyrrole nitrogens is 1. The minimum Gasteiger partial charge on any atom is -0.349 e. The Balaban J connectivity index is 1.44. The van der Waals surface area contributed by atoms with Crippen LogP contribution in [0.3, 0.4) is 0 Å². The van der Waals surface area contributed by atoms with Gasteiger partial charge >= 0.3 is 0 Å². The molecule has 0 unspecified atom stereocenters. The lowest BCUT2D eigenvalue weighted by atomic mass is 9.93. The largest absolute Gasteiger partial charge is 0.349 e. The van der Waals surface area contributed by atoms with Crippen molar-refractivity contribution in [1.82, 2.24) is 20.0 Å². The van der Waals surface area contributed by atoms with Gasteiger partial charge in [-0.3, -0.25) is 4.79 Å². The van der Waals surface area contributed by atoms with Crippen molar-refractivity contribution in [3.63, 3.8) is 0 Å². The van der Waals surface area contributed by atoms with Crippen LogP contribution in [0.25, 0.3) is 10.9 Å². The van der Waals surface area contributed by atoms with Gasteiger partial charge in [0.05, 0.1) is 5.02 Å². The number of aromatic amines is 1. The third kappa shape index (κ3) is 3.31. The molecule has 1 N–H and O–H groups in total. The number of carbonyl (C=O) groups is 1. The molecular weight excluding hydrogens is 375 g/mol. The molecule has 1 fully saturated rings. The molecule has 0 saturated carbocycles. The molecule has 6 nitrogen and oxygen atoms in total. The number of benzene rings is 1. The standard InChI is InChI=1S/C18H18Cl2N4O2/c1-10-21-15(26-23-10)8-11-4-6-24(7-5-11)18(25)17-16(20)13-9-12(19)2-3-14(13)22-17/h2-3,9,11,22H,4-8H2,1H3. The highest BCUT2D eigenvalue weighted by Gasteiger charge is 2.27. The van der Waals surface area contributed by atoms with Crippen molar-refractivity contribution >= 4 is 40.0 Å². The quantitative estimate of drug-likeness (QED) is 0.722. The molecule has 1 aliphatic rings. The first-order valence-electron chi connectivity index (χ1n) is 8.56. The van der Waals surface area contributed by atoms with Crippen LogP contribution in [0.4, 0.5) is 0 Å². The van der Waals surface area contributed by atoms with Crippen LogP contribution in [0.5, 0.6) is 0 Å². The molecule has 1 aromatic carbocycles. The summed E-state index contributed by atoms with van der Waals surface area (Å²) >= 11 is 12.4. The van der Waals surface area contributed by atoms with Crippen molar-refractivity contribution in [2.24, 2.45) is 5.92 Å². The fraction of sp³-hybridized carbons (Fsp3) is 0.389. The van der Waals surface area contributed by atoms with Gasteiger partial charge in [-0.15, -0.1) is 0 Å². The van der Waals surface area contributed by atoms with Gasteiger partial charge in [-0.1, -0.05) is 28.4 Å². The van der Waals surface area contributed by atoms with Gasteiger partial charge in [-0.05, 0) is 43.9 Å². The van der Waals surface area contributed by atoms with Gasteiger partial charge in [-0.2, -0.15) is 4.98 Å². The van der Waals surface area contributed by atoms with Crippen LogP contribution in [0, 0.1) is 12.8 Å². The number of halogens is 2. The summed E-state index contributed by atoms with van der Waals surface area (Å²) in [5.41, 5.74) is 1.24. The Labute approximate surface area is 160 Å². The van der Waals surface area contributed by atoms with E-state index in [0.717, 1.165) is 30.2 Å². The topological polar surface area (TPSA) is 75.0 Å². The first-order chi connectivity index (χ1) is 12.5. The SMILES string of the molecule is Cc1noc(CC2CCN(C(=O)c3[nH]c4ccc(Cl)cc4c3Cl)CC2)n1. The molecule has 3 heterocycles. The zero-order valence-electron chi connectivity index (χ0n) is 14.3. The first-order valence-corrected chi connectivity index (χ1v) is 9.32. The maximum Gasteiger partial charge on any atom is 0.271 e. The summed E-state index contributed by atoms with van der Waals surface area (Å²) in [6.45, 7) is 3.18. The highest BCUT2D eigenvalue weighted by molar-refractivity contribution is 6.39. The molecule has 1 saturated heterocycles. The molecule has 2 aromatic heterocycles. The third-order valence-corrected chi connectivity index (χ3v) is 5.47. The zero-order chi connectivity index (χ0) is 18.3. The van der Waals surface area contributed by atoms with Crippen molar-refractivity contribution < 1.29 is 9.32 Å². The second kappa shape index (κ2) is 6.93. The van der Waals surface area contributed by atoms with Crippen LogP contribution in [-0.2, 0) is 6.42 Å². The Bertz CT molecular complexity index is 957. The number of amides is 1.